The second-order valence-electron chi connectivity index (χ2n) is 4.91. The SMILES string of the molecule is CCc1ccc(C(NC)c2ccc(CC)cc2)cc1. The molecule has 2 aromatic rings. The second kappa shape index (κ2) is 6.53. The van der Waals surface area contributed by atoms with Crippen LogP contribution in [0.4, 0.5) is 0 Å². The minimum atomic E-state index is 0.275. The van der Waals surface area contributed by atoms with Gasteiger partial charge in [0.25, 0.3) is 0 Å². The highest BCUT2D eigenvalue weighted by molar-refractivity contribution is 5.35. The summed E-state index contributed by atoms with van der Waals surface area (Å²) in [4.78, 5) is 0. The van der Waals surface area contributed by atoms with E-state index in [1.807, 2.05) is 7.05 Å². The minimum Gasteiger partial charge on any atom is -0.309 e. The molecule has 0 aliphatic heterocycles. The summed E-state index contributed by atoms with van der Waals surface area (Å²) in [5.74, 6) is 0. The summed E-state index contributed by atoms with van der Waals surface area (Å²) in [6.07, 6.45) is 2.19. The zero-order chi connectivity index (χ0) is 13.7. The van der Waals surface area contributed by atoms with E-state index < -0.39 is 0 Å². The van der Waals surface area contributed by atoms with Crippen molar-refractivity contribution in [3.05, 3.63) is 70.8 Å². The number of hydrogen-bond donors (Lipinski definition) is 1. The van der Waals surface area contributed by atoms with E-state index in [9.17, 15) is 0 Å². The predicted octanol–water partition coefficient (Wildman–Crippen LogP) is 4.12. The van der Waals surface area contributed by atoms with E-state index in [4.69, 9.17) is 0 Å². The van der Waals surface area contributed by atoms with E-state index in [1.54, 1.807) is 0 Å². The summed E-state index contributed by atoms with van der Waals surface area (Å²) < 4.78 is 0. The van der Waals surface area contributed by atoms with E-state index in [1.165, 1.54) is 22.3 Å². The van der Waals surface area contributed by atoms with Crippen LogP contribution in [0.3, 0.4) is 0 Å². The highest BCUT2D eigenvalue weighted by atomic mass is 14.9. The lowest BCUT2D eigenvalue weighted by Crippen LogP contribution is -2.17. The summed E-state index contributed by atoms with van der Waals surface area (Å²) in [6, 6.07) is 18.1. The lowest BCUT2D eigenvalue weighted by atomic mass is 9.96. The Labute approximate surface area is 116 Å². The second-order valence-corrected chi connectivity index (χ2v) is 4.91. The van der Waals surface area contributed by atoms with Crippen molar-refractivity contribution in [1.29, 1.82) is 0 Å². The molecule has 0 aliphatic rings. The van der Waals surface area contributed by atoms with Gasteiger partial charge in [-0.1, -0.05) is 62.4 Å². The Balaban J connectivity index is 2.26. The zero-order valence-electron chi connectivity index (χ0n) is 12.1. The van der Waals surface area contributed by atoms with Gasteiger partial charge in [0.05, 0.1) is 6.04 Å². The summed E-state index contributed by atoms with van der Waals surface area (Å²) in [5.41, 5.74) is 5.42. The van der Waals surface area contributed by atoms with Crippen molar-refractivity contribution in [1.82, 2.24) is 5.32 Å². The lowest BCUT2D eigenvalue weighted by molar-refractivity contribution is 0.691. The Morgan fingerprint density at radius 3 is 1.37 bits per heavy atom. The molecule has 1 heteroatoms. The molecule has 0 amide bonds. The molecule has 2 rings (SSSR count). The third-order valence-corrected chi connectivity index (χ3v) is 3.73. The normalized spacial score (nSPS) is 10.9. The van der Waals surface area contributed by atoms with E-state index >= 15 is 0 Å². The Kier molecular flexibility index (Phi) is 4.75. The first-order chi connectivity index (χ1) is 9.28. The molecule has 0 fully saturated rings. The molecule has 0 spiro atoms. The van der Waals surface area contributed by atoms with E-state index in [-0.39, 0.29) is 6.04 Å². The van der Waals surface area contributed by atoms with E-state index in [0.717, 1.165) is 12.8 Å². The molecule has 1 nitrogen and oxygen atoms in total. The maximum atomic E-state index is 3.41. The Hall–Kier alpha value is -1.60. The molecule has 1 N–H and O–H groups in total. The lowest BCUT2D eigenvalue weighted by Gasteiger charge is -2.18. The fourth-order valence-electron chi connectivity index (χ4n) is 2.42. The zero-order valence-corrected chi connectivity index (χ0v) is 12.1. The molecular weight excluding hydrogens is 230 g/mol. The van der Waals surface area contributed by atoms with Gasteiger partial charge >= 0.3 is 0 Å². The van der Waals surface area contributed by atoms with Gasteiger partial charge in [-0.25, -0.2) is 0 Å². The van der Waals surface area contributed by atoms with Gasteiger partial charge in [0.1, 0.15) is 0 Å². The number of hydrogen-bond acceptors (Lipinski definition) is 1. The molecule has 0 heterocycles. The van der Waals surface area contributed by atoms with Gasteiger partial charge in [-0.05, 0) is 42.1 Å². The van der Waals surface area contributed by atoms with E-state index in [2.05, 4.69) is 67.7 Å². The van der Waals surface area contributed by atoms with Crippen LogP contribution in [0, 0.1) is 0 Å². The van der Waals surface area contributed by atoms with Crippen LogP contribution in [0.2, 0.25) is 0 Å². The van der Waals surface area contributed by atoms with Crippen LogP contribution >= 0.6 is 0 Å². The number of nitrogens with one attached hydrogen (secondary N) is 1. The fourth-order valence-corrected chi connectivity index (χ4v) is 2.42. The third-order valence-electron chi connectivity index (χ3n) is 3.73. The molecule has 0 aromatic heterocycles. The molecule has 0 bridgehead atoms. The summed E-state index contributed by atoms with van der Waals surface area (Å²) in [5, 5.41) is 3.41. The first-order valence-corrected chi connectivity index (χ1v) is 7.13. The maximum absolute atomic E-state index is 3.41. The molecule has 100 valence electrons. The highest BCUT2D eigenvalue weighted by Crippen LogP contribution is 2.22. The third kappa shape index (κ3) is 3.24. The smallest absolute Gasteiger partial charge is 0.0574 e. The summed E-state index contributed by atoms with van der Waals surface area (Å²) >= 11 is 0. The molecular formula is C18H23N. The molecule has 0 saturated heterocycles. The van der Waals surface area contributed by atoms with Crippen molar-refractivity contribution in [3.63, 3.8) is 0 Å². The van der Waals surface area contributed by atoms with Gasteiger partial charge in [-0.15, -0.1) is 0 Å². The van der Waals surface area contributed by atoms with Crippen molar-refractivity contribution in [3.8, 4) is 0 Å². The van der Waals surface area contributed by atoms with Gasteiger partial charge in [-0.2, -0.15) is 0 Å². The van der Waals surface area contributed by atoms with Gasteiger partial charge in [0, 0.05) is 0 Å². The molecule has 0 aliphatic carbocycles. The first kappa shape index (κ1) is 13.8. The van der Waals surface area contributed by atoms with Crippen LogP contribution < -0.4 is 5.32 Å². The first-order valence-electron chi connectivity index (χ1n) is 7.13. The topological polar surface area (TPSA) is 12.0 Å². The van der Waals surface area contributed by atoms with Crippen LogP contribution in [0.15, 0.2) is 48.5 Å². The van der Waals surface area contributed by atoms with Crippen molar-refractivity contribution < 1.29 is 0 Å². The Bertz CT molecular complexity index is 449. The number of aryl methyl sites for hydroxylation is 2. The predicted molar refractivity (Wildman–Crippen MR) is 82.5 cm³/mol. The van der Waals surface area contributed by atoms with Crippen LogP contribution in [-0.4, -0.2) is 7.05 Å². The minimum absolute atomic E-state index is 0.275. The molecule has 0 atom stereocenters. The van der Waals surface area contributed by atoms with Crippen molar-refractivity contribution in [2.75, 3.05) is 7.05 Å². The van der Waals surface area contributed by atoms with Crippen molar-refractivity contribution in [2.45, 2.75) is 32.7 Å². The molecule has 0 saturated carbocycles. The standard InChI is InChI=1S/C18H23N/c1-4-14-6-10-16(11-7-14)18(19-3)17-12-8-15(5-2)9-13-17/h6-13,18-19H,4-5H2,1-3H3. The molecule has 19 heavy (non-hydrogen) atoms. The van der Waals surface area contributed by atoms with Gasteiger partial charge in [0.2, 0.25) is 0 Å². The Morgan fingerprint density at radius 1 is 0.737 bits per heavy atom. The molecule has 2 aromatic carbocycles. The quantitative estimate of drug-likeness (QED) is 0.845. The van der Waals surface area contributed by atoms with E-state index in [0.29, 0.717) is 0 Å². The van der Waals surface area contributed by atoms with Gasteiger partial charge in [-0.3, -0.25) is 0 Å². The summed E-state index contributed by atoms with van der Waals surface area (Å²) in [7, 11) is 2.02. The number of benzene rings is 2. The molecule has 0 radical (unpaired) electrons. The van der Waals surface area contributed by atoms with Crippen LogP contribution in [-0.2, 0) is 12.8 Å². The van der Waals surface area contributed by atoms with Crippen LogP contribution in [0.1, 0.15) is 42.1 Å². The fraction of sp³-hybridized carbons (Fsp3) is 0.333. The maximum Gasteiger partial charge on any atom is 0.0574 e. The average molecular weight is 253 g/mol. The average Bonchev–Trinajstić information content (AvgIpc) is 2.49. The monoisotopic (exact) mass is 253 g/mol. The van der Waals surface area contributed by atoms with Gasteiger partial charge in [0.15, 0.2) is 0 Å². The Morgan fingerprint density at radius 2 is 1.11 bits per heavy atom. The van der Waals surface area contributed by atoms with Crippen LogP contribution in [0.25, 0.3) is 0 Å². The largest absolute Gasteiger partial charge is 0.309 e. The molecule has 0 unspecified atom stereocenters. The van der Waals surface area contributed by atoms with Crippen molar-refractivity contribution in [2.24, 2.45) is 0 Å². The van der Waals surface area contributed by atoms with Crippen LogP contribution in [0.5, 0.6) is 0 Å². The van der Waals surface area contributed by atoms with Crippen molar-refractivity contribution >= 4 is 0 Å². The summed E-state index contributed by atoms with van der Waals surface area (Å²) in [6.45, 7) is 4.38. The van der Waals surface area contributed by atoms with Gasteiger partial charge < -0.3 is 5.32 Å². The highest BCUT2D eigenvalue weighted by Gasteiger charge is 2.11. The number of rotatable bonds is 5.